The molecule has 0 aliphatic carbocycles. The number of rotatable bonds is 2. The van der Waals surface area contributed by atoms with Gasteiger partial charge in [0.25, 0.3) is 5.91 Å². The summed E-state index contributed by atoms with van der Waals surface area (Å²) < 4.78 is 1.06. The normalized spacial score (nSPS) is 10.4. The molecule has 1 aromatic heterocycles. The third kappa shape index (κ3) is 3.17. The van der Waals surface area contributed by atoms with Gasteiger partial charge in [-0.05, 0) is 56.2 Å². The predicted molar refractivity (Wildman–Crippen MR) is 85.0 cm³/mol. The van der Waals surface area contributed by atoms with Gasteiger partial charge in [-0.15, -0.1) is 0 Å². The fourth-order valence-electron chi connectivity index (χ4n) is 2.05. The minimum Gasteiger partial charge on any atom is -0.384 e. The Balaban J connectivity index is 2.28. The molecule has 104 valence electrons. The van der Waals surface area contributed by atoms with E-state index in [9.17, 15) is 4.79 Å². The lowest BCUT2D eigenvalue weighted by Gasteiger charge is -2.10. The van der Waals surface area contributed by atoms with E-state index in [1.54, 1.807) is 19.1 Å². The smallest absolute Gasteiger partial charge is 0.255 e. The van der Waals surface area contributed by atoms with Crippen LogP contribution in [0.25, 0.3) is 0 Å². The summed E-state index contributed by atoms with van der Waals surface area (Å²) in [5.74, 6) is 0.154. The Bertz CT molecular complexity index is 640. The first-order valence-corrected chi connectivity index (χ1v) is 6.98. The van der Waals surface area contributed by atoms with Gasteiger partial charge in [0.1, 0.15) is 5.82 Å². The van der Waals surface area contributed by atoms with E-state index >= 15 is 0 Å². The highest BCUT2D eigenvalue weighted by molar-refractivity contribution is 9.10. The Kier molecular flexibility index (Phi) is 4.09. The predicted octanol–water partition coefficient (Wildman–Crippen LogP) is 3.60. The second-order valence-electron chi connectivity index (χ2n) is 4.80. The van der Waals surface area contributed by atoms with Gasteiger partial charge >= 0.3 is 0 Å². The molecule has 1 aromatic carbocycles. The number of aryl methyl sites for hydroxylation is 3. The Labute approximate surface area is 126 Å². The van der Waals surface area contributed by atoms with Crippen LogP contribution in [0.4, 0.5) is 11.5 Å². The van der Waals surface area contributed by atoms with E-state index in [2.05, 4.69) is 26.2 Å². The molecule has 0 saturated heterocycles. The molecule has 5 heteroatoms. The summed E-state index contributed by atoms with van der Waals surface area (Å²) >= 11 is 3.51. The molecule has 0 unspecified atom stereocenters. The quantitative estimate of drug-likeness (QED) is 0.882. The topological polar surface area (TPSA) is 68.0 Å². The number of benzene rings is 1. The molecule has 0 atom stereocenters. The number of anilines is 2. The molecule has 20 heavy (non-hydrogen) atoms. The van der Waals surface area contributed by atoms with E-state index in [0.717, 1.165) is 27.0 Å². The first-order valence-electron chi connectivity index (χ1n) is 6.19. The molecule has 0 spiro atoms. The van der Waals surface area contributed by atoms with Gasteiger partial charge in [0.2, 0.25) is 0 Å². The van der Waals surface area contributed by atoms with Crippen LogP contribution in [0.2, 0.25) is 0 Å². The Morgan fingerprint density at radius 3 is 2.30 bits per heavy atom. The summed E-state index contributed by atoms with van der Waals surface area (Å²) in [6, 6.07) is 7.13. The van der Waals surface area contributed by atoms with E-state index in [1.165, 1.54) is 0 Å². The van der Waals surface area contributed by atoms with Crippen molar-refractivity contribution < 1.29 is 4.79 Å². The second kappa shape index (κ2) is 5.63. The zero-order valence-corrected chi connectivity index (χ0v) is 13.2. The van der Waals surface area contributed by atoms with Crippen LogP contribution in [0.1, 0.15) is 27.2 Å². The molecule has 0 radical (unpaired) electrons. The minimum atomic E-state index is -0.191. The number of halogens is 1. The van der Waals surface area contributed by atoms with Gasteiger partial charge in [-0.1, -0.05) is 15.9 Å². The molecule has 1 amide bonds. The Morgan fingerprint density at radius 1 is 1.15 bits per heavy atom. The van der Waals surface area contributed by atoms with Crippen LogP contribution in [0.3, 0.4) is 0 Å². The van der Waals surface area contributed by atoms with Crippen molar-refractivity contribution in [2.75, 3.05) is 11.1 Å². The number of nitrogens with zero attached hydrogens (tertiary/aromatic N) is 1. The number of carbonyl (C=O) groups is 1. The average molecular weight is 334 g/mol. The molecule has 2 aromatic rings. The molecule has 3 N–H and O–H groups in total. The van der Waals surface area contributed by atoms with Gasteiger partial charge in [0, 0.05) is 21.4 Å². The highest BCUT2D eigenvalue weighted by Gasteiger charge is 2.10. The SMILES string of the molecule is Cc1cc(C(=O)Nc2cc(C)c(Br)c(C)c2)cc(N)n1. The molecule has 0 fully saturated rings. The van der Waals surface area contributed by atoms with Crippen molar-refractivity contribution in [1.82, 2.24) is 4.98 Å². The number of pyridine rings is 1. The van der Waals surface area contributed by atoms with E-state index in [-0.39, 0.29) is 5.91 Å². The van der Waals surface area contributed by atoms with Gasteiger partial charge in [0.05, 0.1) is 0 Å². The van der Waals surface area contributed by atoms with Crippen molar-refractivity contribution in [3.63, 3.8) is 0 Å². The maximum Gasteiger partial charge on any atom is 0.255 e. The fourth-order valence-corrected chi connectivity index (χ4v) is 2.28. The Hall–Kier alpha value is -1.88. The fraction of sp³-hybridized carbons (Fsp3) is 0.200. The van der Waals surface area contributed by atoms with Gasteiger partial charge in [-0.2, -0.15) is 0 Å². The zero-order chi connectivity index (χ0) is 14.9. The average Bonchev–Trinajstić information content (AvgIpc) is 2.34. The number of hydrogen-bond acceptors (Lipinski definition) is 3. The molecule has 4 nitrogen and oxygen atoms in total. The maximum atomic E-state index is 12.2. The van der Waals surface area contributed by atoms with Gasteiger partial charge < -0.3 is 11.1 Å². The van der Waals surface area contributed by atoms with E-state index < -0.39 is 0 Å². The molecule has 0 aliphatic heterocycles. The third-order valence-electron chi connectivity index (χ3n) is 2.93. The van der Waals surface area contributed by atoms with Gasteiger partial charge in [0.15, 0.2) is 0 Å². The first kappa shape index (κ1) is 14.5. The molecular weight excluding hydrogens is 318 g/mol. The summed E-state index contributed by atoms with van der Waals surface area (Å²) in [5.41, 5.74) is 9.80. The van der Waals surface area contributed by atoms with Crippen LogP contribution in [-0.2, 0) is 0 Å². The number of amides is 1. The van der Waals surface area contributed by atoms with Crippen molar-refractivity contribution in [2.24, 2.45) is 0 Å². The van der Waals surface area contributed by atoms with Crippen molar-refractivity contribution in [2.45, 2.75) is 20.8 Å². The van der Waals surface area contributed by atoms with E-state index in [4.69, 9.17) is 5.73 Å². The van der Waals surface area contributed by atoms with Crippen molar-refractivity contribution >= 4 is 33.3 Å². The largest absolute Gasteiger partial charge is 0.384 e. The molecule has 2 rings (SSSR count). The number of carbonyl (C=O) groups excluding carboxylic acids is 1. The highest BCUT2D eigenvalue weighted by Crippen LogP contribution is 2.25. The summed E-state index contributed by atoms with van der Waals surface area (Å²) in [6.07, 6.45) is 0. The number of nitrogen functional groups attached to an aromatic ring is 1. The van der Waals surface area contributed by atoms with E-state index in [1.807, 2.05) is 26.0 Å². The number of aromatic nitrogens is 1. The molecule has 1 heterocycles. The molecular formula is C15H16BrN3O. The van der Waals surface area contributed by atoms with Crippen LogP contribution in [0, 0.1) is 20.8 Å². The minimum absolute atomic E-state index is 0.191. The lowest BCUT2D eigenvalue weighted by molar-refractivity contribution is 0.102. The monoisotopic (exact) mass is 333 g/mol. The lowest BCUT2D eigenvalue weighted by Crippen LogP contribution is -2.13. The second-order valence-corrected chi connectivity index (χ2v) is 5.59. The van der Waals surface area contributed by atoms with Crippen LogP contribution in [-0.4, -0.2) is 10.9 Å². The van der Waals surface area contributed by atoms with Crippen molar-refractivity contribution in [1.29, 1.82) is 0 Å². The van der Waals surface area contributed by atoms with Crippen LogP contribution < -0.4 is 11.1 Å². The highest BCUT2D eigenvalue weighted by atomic mass is 79.9. The summed E-state index contributed by atoms with van der Waals surface area (Å²) in [7, 11) is 0. The lowest BCUT2D eigenvalue weighted by atomic mass is 10.1. The van der Waals surface area contributed by atoms with Crippen LogP contribution in [0.15, 0.2) is 28.7 Å². The molecule has 0 aliphatic rings. The number of hydrogen-bond donors (Lipinski definition) is 2. The summed E-state index contributed by atoms with van der Waals surface area (Å²) in [6.45, 7) is 5.78. The number of nitrogens with two attached hydrogens (primary N) is 1. The standard InChI is InChI=1S/C15H16BrN3O/c1-8-4-12(5-9(2)14(8)16)19-15(20)11-6-10(3)18-13(17)7-11/h4-7H,1-3H3,(H2,17,18)(H,19,20). The van der Waals surface area contributed by atoms with E-state index in [0.29, 0.717) is 11.4 Å². The molecule has 0 saturated carbocycles. The van der Waals surface area contributed by atoms with Crippen molar-refractivity contribution in [3.8, 4) is 0 Å². The van der Waals surface area contributed by atoms with Crippen LogP contribution in [0.5, 0.6) is 0 Å². The van der Waals surface area contributed by atoms with Gasteiger partial charge in [-0.25, -0.2) is 4.98 Å². The van der Waals surface area contributed by atoms with Crippen LogP contribution >= 0.6 is 15.9 Å². The zero-order valence-electron chi connectivity index (χ0n) is 11.6. The number of nitrogens with one attached hydrogen (secondary N) is 1. The van der Waals surface area contributed by atoms with Gasteiger partial charge in [-0.3, -0.25) is 4.79 Å². The summed E-state index contributed by atoms with van der Waals surface area (Å²) in [5, 5.41) is 2.88. The maximum absolute atomic E-state index is 12.2. The Morgan fingerprint density at radius 2 is 1.75 bits per heavy atom. The summed E-state index contributed by atoms with van der Waals surface area (Å²) in [4.78, 5) is 16.3. The first-order chi connectivity index (χ1) is 9.36. The van der Waals surface area contributed by atoms with Crippen molar-refractivity contribution in [3.05, 3.63) is 51.1 Å². The third-order valence-corrected chi connectivity index (χ3v) is 4.18. The molecule has 0 bridgehead atoms.